The lowest BCUT2D eigenvalue weighted by Gasteiger charge is -2.07. The first-order chi connectivity index (χ1) is 10.1. The van der Waals surface area contributed by atoms with Gasteiger partial charge in [-0.05, 0) is 31.2 Å². The fourth-order valence-electron chi connectivity index (χ4n) is 2.08. The van der Waals surface area contributed by atoms with Crippen molar-refractivity contribution in [3.05, 3.63) is 48.5 Å². The Bertz CT molecular complexity index is 760. The molecule has 0 spiro atoms. The Morgan fingerprint density at radius 2 is 2.05 bits per heavy atom. The van der Waals surface area contributed by atoms with Gasteiger partial charge in [0, 0.05) is 11.3 Å². The van der Waals surface area contributed by atoms with Crippen LogP contribution in [0.5, 0.6) is 0 Å². The Kier molecular flexibility index (Phi) is 3.41. The fourth-order valence-corrected chi connectivity index (χ4v) is 2.08. The lowest BCUT2D eigenvalue weighted by Crippen LogP contribution is -2.24. The molecule has 5 nitrogen and oxygen atoms in total. The van der Waals surface area contributed by atoms with Crippen LogP contribution in [0.3, 0.4) is 0 Å². The molecular formula is C16H15N3O2. The van der Waals surface area contributed by atoms with E-state index in [2.05, 4.69) is 15.3 Å². The number of rotatable bonds is 3. The predicted molar refractivity (Wildman–Crippen MR) is 81.8 cm³/mol. The SMILES string of the molecule is CC(O)C(=O)Nc1cccc(-c2nc3ccccc3[nH]2)c1. The molecule has 0 aliphatic carbocycles. The molecule has 0 saturated heterocycles. The number of para-hydroxylation sites is 2. The van der Waals surface area contributed by atoms with E-state index >= 15 is 0 Å². The number of aliphatic hydroxyl groups is 1. The number of amides is 1. The second-order valence-electron chi connectivity index (χ2n) is 4.85. The molecule has 1 unspecified atom stereocenters. The van der Waals surface area contributed by atoms with Gasteiger partial charge < -0.3 is 15.4 Å². The van der Waals surface area contributed by atoms with Crippen molar-refractivity contribution in [1.29, 1.82) is 0 Å². The molecule has 2 aromatic carbocycles. The predicted octanol–water partition coefficient (Wildman–Crippen LogP) is 2.55. The Morgan fingerprint density at radius 3 is 2.81 bits per heavy atom. The zero-order valence-corrected chi connectivity index (χ0v) is 11.5. The first-order valence-electron chi connectivity index (χ1n) is 6.67. The van der Waals surface area contributed by atoms with E-state index < -0.39 is 12.0 Å². The van der Waals surface area contributed by atoms with Gasteiger partial charge in [0.05, 0.1) is 11.0 Å². The van der Waals surface area contributed by atoms with Gasteiger partial charge in [0.15, 0.2) is 0 Å². The molecule has 1 heterocycles. The number of nitrogens with zero attached hydrogens (tertiary/aromatic N) is 1. The van der Waals surface area contributed by atoms with Crippen LogP contribution in [0, 0.1) is 0 Å². The summed E-state index contributed by atoms with van der Waals surface area (Å²) < 4.78 is 0. The van der Waals surface area contributed by atoms with Crippen molar-refractivity contribution in [3.8, 4) is 11.4 Å². The van der Waals surface area contributed by atoms with Crippen molar-refractivity contribution in [2.24, 2.45) is 0 Å². The molecule has 21 heavy (non-hydrogen) atoms. The molecule has 1 aromatic heterocycles. The third kappa shape index (κ3) is 2.78. The molecule has 0 radical (unpaired) electrons. The average molecular weight is 281 g/mol. The molecule has 106 valence electrons. The molecule has 1 atom stereocenters. The molecule has 0 aliphatic heterocycles. The van der Waals surface area contributed by atoms with Crippen molar-refractivity contribution in [2.75, 3.05) is 5.32 Å². The molecule has 3 rings (SSSR count). The summed E-state index contributed by atoms with van der Waals surface area (Å²) in [6.07, 6.45) is -1.04. The minimum absolute atomic E-state index is 0.434. The van der Waals surface area contributed by atoms with Crippen LogP contribution in [0.4, 0.5) is 5.69 Å². The van der Waals surface area contributed by atoms with Crippen molar-refractivity contribution in [2.45, 2.75) is 13.0 Å². The van der Waals surface area contributed by atoms with E-state index in [1.54, 1.807) is 6.07 Å². The summed E-state index contributed by atoms with van der Waals surface area (Å²) in [6, 6.07) is 15.1. The summed E-state index contributed by atoms with van der Waals surface area (Å²) >= 11 is 0. The highest BCUT2D eigenvalue weighted by atomic mass is 16.3. The maximum atomic E-state index is 11.5. The number of hydrogen-bond donors (Lipinski definition) is 3. The Hall–Kier alpha value is -2.66. The standard InChI is InChI=1S/C16H15N3O2/c1-10(20)16(21)17-12-6-4-5-11(9-12)15-18-13-7-2-3-8-14(13)19-15/h2-10,20H,1H3,(H,17,21)(H,18,19). The molecular weight excluding hydrogens is 266 g/mol. The van der Waals surface area contributed by atoms with E-state index in [0.29, 0.717) is 5.69 Å². The largest absolute Gasteiger partial charge is 0.384 e. The second-order valence-corrected chi connectivity index (χ2v) is 4.85. The summed E-state index contributed by atoms with van der Waals surface area (Å²) in [4.78, 5) is 19.3. The van der Waals surface area contributed by atoms with Gasteiger partial charge in [-0.3, -0.25) is 4.79 Å². The van der Waals surface area contributed by atoms with E-state index in [-0.39, 0.29) is 0 Å². The summed E-state index contributed by atoms with van der Waals surface area (Å²) in [7, 11) is 0. The Morgan fingerprint density at radius 1 is 1.24 bits per heavy atom. The van der Waals surface area contributed by atoms with Crippen molar-refractivity contribution < 1.29 is 9.90 Å². The van der Waals surface area contributed by atoms with Crippen LogP contribution in [0.1, 0.15) is 6.92 Å². The minimum Gasteiger partial charge on any atom is -0.384 e. The molecule has 0 saturated carbocycles. The molecule has 1 amide bonds. The van der Waals surface area contributed by atoms with E-state index in [1.165, 1.54) is 6.92 Å². The van der Waals surface area contributed by atoms with Crippen LogP contribution in [0.25, 0.3) is 22.4 Å². The highest BCUT2D eigenvalue weighted by Gasteiger charge is 2.10. The maximum absolute atomic E-state index is 11.5. The minimum atomic E-state index is -1.04. The first-order valence-corrected chi connectivity index (χ1v) is 6.67. The van der Waals surface area contributed by atoms with Gasteiger partial charge in [-0.25, -0.2) is 4.98 Å². The average Bonchev–Trinajstić information content (AvgIpc) is 2.91. The zero-order valence-electron chi connectivity index (χ0n) is 11.5. The van der Waals surface area contributed by atoms with Gasteiger partial charge in [0.25, 0.3) is 5.91 Å². The lowest BCUT2D eigenvalue weighted by molar-refractivity contribution is -0.123. The highest BCUT2D eigenvalue weighted by molar-refractivity contribution is 5.94. The van der Waals surface area contributed by atoms with Gasteiger partial charge in [0.2, 0.25) is 0 Å². The second kappa shape index (κ2) is 5.38. The molecule has 0 fully saturated rings. The molecule has 3 aromatic rings. The number of H-pyrrole nitrogens is 1. The van der Waals surface area contributed by atoms with Crippen LogP contribution in [0.15, 0.2) is 48.5 Å². The number of hydrogen-bond acceptors (Lipinski definition) is 3. The van der Waals surface area contributed by atoms with Gasteiger partial charge in [-0.1, -0.05) is 24.3 Å². The van der Waals surface area contributed by atoms with Gasteiger partial charge >= 0.3 is 0 Å². The van der Waals surface area contributed by atoms with Gasteiger partial charge in [0.1, 0.15) is 11.9 Å². The number of carbonyl (C=O) groups excluding carboxylic acids is 1. The lowest BCUT2D eigenvalue weighted by atomic mass is 10.2. The quantitative estimate of drug-likeness (QED) is 0.690. The number of imidazole rings is 1. The molecule has 0 bridgehead atoms. The molecule has 0 aliphatic rings. The number of anilines is 1. The van der Waals surface area contributed by atoms with Crippen molar-refractivity contribution in [1.82, 2.24) is 9.97 Å². The van der Waals surface area contributed by atoms with Crippen LogP contribution < -0.4 is 5.32 Å². The zero-order chi connectivity index (χ0) is 14.8. The van der Waals surface area contributed by atoms with Crippen LogP contribution in [0.2, 0.25) is 0 Å². The summed E-state index contributed by atoms with van der Waals surface area (Å²) in [5, 5.41) is 11.9. The first kappa shape index (κ1) is 13.3. The topological polar surface area (TPSA) is 78.0 Å². The highest BCUT2D eigenvalue weighted by Crippen LogP contribution is 2.23. The third-order valence-corrected chi connectivity index (χ3v) is 3.17. The molecule has 5 heteroatoms. The van der Waals surface area contributed by atoms with Gasteiger partial charge in [-0.15, -0.1) is 0 Å². The Balaban J connectivity index is 1.93. The van der Waals surface area contributed by atoms with E-state index in [9.17, 15) is 9.90 Å². The van der Waals surface area contributed by atoms with Crippen LogP contribution in [-0.2, 0) is 4.79 Å². The summed E-state index contributed by atoms with van der Waals surface area (Å²) in [5.74, 6) is 0.307. The third-order valence-electron chi connectivity index (χ3n) is 3.17. The Labute approximate surface area is 121 Å². The van der Waals surface area contributed by atoms with Gasteiger partial charge in [-0.2, -0.15) is 0 Å². The number of nitrogens with one attached hydrogen (secondary N) is 2. The number of aromatic nitrogens is 2. The van der Waals surface area contributed by atoms with E-state index in [4.69, 9.17) is 0 Å². The number of aliphatic hydroxyl groups excluding tert-OH is 1. The fraction of sp³-hybridized carbons (Fsp3) is 0.125. The normalized spacial score (nSPS) is 12.3. The van der Waals surface area contributed by atoms with Crippen molar-refractivity contribution in [3.63, 3.8) is 0 Å². The monoisotopic (exact) mass is 281 g/mol. The van der Waals surface area contributed by atoms with E-state index in [0.717, 1.165) is 22.4 Å². The number of benzene rings is 2. The molecule has 3 N–H and O–H groups in total. The summed E-state index contributed by atoms with van der Waals surface area (Å²) in [6.45, 7) is 1.43. The number of aromatic amines is 1. The van der Waals surface area contributed by atoms with Crippen LogP contribution in [-0.4, -0.2) is 27.1 Å². The van der Waals surface area contributed by atoms with E-state index in [1.807, 2.05) is 42.5 Å². The maximum Gasteiger partial charge on any atom is 0.252 e. The summed E-state index contributed by atoms with van der Waals surface area (Å²) in [5.41, 5.74) is 3.35. The number of carbonyl (C=O) groups is 1. The van der Waals surface area contributed by atoms with Crippen LogP contribution >= 0.6 is 0 Å². The van der Waals surface area contributed by atoms with Crippen molar-refractivity contribution >= 4 is 22.6 Å². The number of fused-ring (bicyclic) bond motifs is 1. The smallest absolute Gasteiger partial charge is 0.252 e.